The Labute approximate surface area is 131 Å². The first-order valence-corrected chi connectivity index (χ1v) is 9.05. The number of rotatable bonds is 3. The number of thiophene rings is 1. The minimum Gasteiger partial charge on any atom is -0.349 e. The third kappa shape index (κ3) is 3.02. The molecule has 2 unspecified atom stereocenters. The third-order valence-corrected chi connectivity index (χ3v) is 6.26. The van der Waals surface area contributed by atoms with Gasteiger partial charge in [-0.15, -0.1) is 11.3 Å². The van der Waals surface area contributed by atoms with Gasteiger partial charge >= 0.3 is 0 Å². The van der Waals surface area contributed by atoms with Crippen molar-refractivity contribution in [3.63, 3.8) is 0 Å². The Balaban J connectivity index is 1.69. The van der Waals surface area contributed by atoms with Crippen molar-refractivity contribution in [3.05, 3.63) is 21.9 Å². The fraction of sp³-hybridized carbons (Fsp3) is 0.706. The summed E-state index contributed by atoms with van der Waals surface area (Å²) in [5, 5.41) is 8.93. The zero-order valence-electron chi connectivity index (χ0n) is 13.1. The molecular weight excluding hydrogens is 280 g/mol. The van der Waals surface area contributed by atoms with Gasteiger partial charge < -0.3 is 10.6 Å². The Bertz CT molecular complexity index is 503. The molecule has 1 fully saturated rings. The predicted molar refractivity (Wildman–Crippen MR) is 87.5 cm³/mol. The Morgan fingerprint density at radius 3 is 3.00 bits per heavy atom. The van der Waals surface area contributed by atoms with E-state index < -0.39 is 0 Å². The third-order valence-electron chi connectivity index (χ3n) is 5.26. The standard InChI is InChI=1S/C17H26N2OS/c1-17(2,12-5-4-9-18-11-12)16(20)19-14-6-3-7-15-13(14)8-10-21-15/h8,10,12,14,18H,3-7,9,11H2,1-2H3,(H,19,20). The minimum absolute atomic E-state index is 0.222. The summed E-state index contributed by atoms with van der Waals surface area (Å²) in [6.07, 6.45) is 5.77. The van der Waals surface area contributed by atoms with Gasteiger partial charge in [0.1, 0.15) is 0 Å². The van der Waals surface area contributed by atoms with Crippen LogP contribution in [0.5, 0.6) is 0 Å². The van der Waals surface area contributed by atoms with Crippen LogP contribution in [0.3, 0.4) is 0 Å². The van der Waals surface area contributed by atoms with Crippen LogP contribution in [0.15, 0.2) is 11.4 Å². The highest BCUT2D eigenvalue weighted by Crippen LogP contribution is 2.36. The zero-order valence-corrected chi connectivity index (χ0v) is 13.9. The van der Waals surface area contributed by atoms with E-state index in [1.165, 1.54) is 29.7 Å². The Hall–Kier alpha value is -0.870. The number of fused-ring (bicyclic) bond motifs is 1. The highest BCUT2D eigenvalue weighted by atomic mass is 32.1. The average molecular weight is 306 g/mol. The molecule has 1 amide bonds. The van der Waals surface area contributed by atoms with Gasteiger partial charge in [0.05, 0.1) is 6.04 Å². The maximum Gasteiger partial charge on any atom is 0.226 e. The molecule has 2 N–H and O–H groups in total. The molecule has 2 aliphatic rings. The van der Waals surface area contributed by atoms with Crippen LogP contribution >= 0.6 is 11.3 Å². The van der Waals surface area contributed by atoms with E-state index in [2.05, 4.69) is 35.9 Å². The van der Waals surface area contributed by atoms with Crippen molar-refractivity contribution < 1.29 is 4.79 Å². The van der Waals surface area contributed by atoms with E-state index in [1.807, 2.05) is 11.3 Å². The molecule has 21 heavy (non-hydrogen) atoms. The average Bonchev–Trinajstić information content (AvgIpc) is 2.97. The molecule has 1 saturated heterocycles. The van der Waals surface area contributed by atoms with Gasteiger partial charge in [-0.25, -0.2) is 0 Å². The quantitative estimate of drug-likeness (QED) is 0.900. The van der Waals surface area contributed by atoms with Crippen LogP contribution in [0.2, 0.25) is 0 Å². The molecule has 2 atom stereocenters. The molecule has 0 saturated carbocycles. The van der Waals surface area contributed by atoms with Crippen LogP contribution in [0, 0.1) is 11.3 Å². The number of carbonyl (C=O) groups excluding carboxylic acids is 1. The molecule has 0 radical (unpaired) electrons. The van der Waals surface area contributed by atoms with Crippen molar-refractivity contribution in [1.82, 2.24) is 10.6 Å². The van der Waals surface area contributed by atoms with E-state index in [1.54, 1.807) is 0 Å². The molecule has 0 bridgehead atoms. The normalized spacial score (nSPS) is 26.2. The Kier molecular flexibility index (Phi) is 4.36. The van der Waals surface area contributed by atoms with Crippen molar-refractivity contribution in [2.45, 2.75) is 52.0 Å². The highest BCUT2D eigenvalue weighted by molar-refractivity contribution is 7.10. The lowest BCUT2D eigenvalue weighted by atomic mass is 9.74. The maximum absolute atomic E-state index is 12.8. The topological polar surface area (TPSA) is 41.1 Å². The largest absolute Gasteiger partial charge is 0.349 e. The molecule has 3 nitrogen and oxygen atoms in total. The van der Waals surface area contributed by atoms with Gasteiger partial charge in [-0.2, -0.15) is 0 Å². The van der Waals surface area contributed by atoms with Crippen LogP contribution in [-0.2, 0) is 11.2 Å². The van der Waals surface area contributed by atoms with Gasteiger partial charge in [0, 0.05) is 10.3 Å². The van der Waals surface area contributed by atoms with Crippen molar-refractivity contribution in [2.24, 2.45) is 11.3 Å². The first-order chi connectivity index (χ1) is 10.1. The van der Waals surface area contributed by atoms with Gasteiger partial charge in [0.2, 0.25) is 5.91 Å². The minimum atomic E-state index is -0.291. The molecule has 1 aromatic rings. The Morgan fingerprint density at radius 1 is 1.38 bits per heavy atom. The van der Waals surface area contributed by atoms with Crippen LogP contribution in [0.1, 0.15) is 56.0 Å². The summed E-state index contributed by atoms with van der Waals surface area (Å²) in [6, 6.07) is 2.42. The van der Waals surface area contributed by atoms with Crippen molar-refractivity contribution in [2.75, 3.05) is 13.1 Å². The van der Waals surface area contributed by atoms with E-state index in [4.69, 9.17) is 0 Å². The molecule has 3 rings (SSSR count). The van der Waals surface area contributed by atoms with E-state index in [0.29, 0.717) is 5.92 Å². The fourth-order valence-corrected chi connectivity index (χ4v) is 4.62. The molecule has 2 heterocycles. The molecule has 1 aliphatic heterocycles. The van der Waals surface area contributed by atoms with Crippen LogP contribution < -0.4 is 10.6 Å². The van der Waals surface area contributed by atoms with E-state index in [0.717, 1.165) is 25.9 Å². The molecule has 0 aromatic carbocycles. The van der Waals surface area contributed by atoms with Gasteiger partial charge in [-0.05, 0) is 68.1 Å². The number of nitrogens with one attached hydrogen (secondary N) is 2. The lowest BCUT2D eigenvalue weighted by molar-refractivity contribution is -0.133. The number of aryl methyl sites for hydroxylation is 1. The summed E-state index contributed by atoms with van der Waals surface area (Å²) < 4.78 is 0. The lowest BCUT2D eigenvalue weighted by Crippen LogP contribution is -2.48. The molecule has 4 heteroatoms. The first-order valence-electron chi connectivity index (χ1n) is 8.17. The maximum atomic E-state index is 12.8. The zero-order chi connectivity index (χ0) is 14.9. The van der Waals surface area contributed by atoms with Crippen molar-refractivity contribution in [1.29, 1.82) is 0 Å². The second-order valence-corrected chi connectivity index (χ2v) is 7.98. The van der Waals surface area contributed by atoms with Gasteiger partial charge in [0.15, 0.2) is 0 Å². The van der Waals surface area contributed by atoms with E-state index in [9.17, 15) is 4.79 Å². The molecule has 1 aromatic heterocycles. The molecule has 116 valence electrons. The smallest absolute Gasteiger partial charge is 0.226 e. The van der Waals surface area contributed by atoms with E-state index >= 15 is 0 Å². The van der Waals surface area contributed by atoms with Crippen LogP contribution in [-0.4, -0.2) is 19.0 Å². The van der Waals surface area contributed by atoms with Crippen molar-refractivity contribution in [3.8, 4) is 0 Å². The molecule has 0 spiro atoms. The van der Waals surface area contributed by atoms with Gasteiger partial charge in [0.25, 0.3) is 0 Å². The number of amides is 1. The predicted octanol–water partition coefficient (Wildman–Crippen LogP) is 3.27. The SMILES string of the molecule is CC(C)(C(=O)NC1CCCc2sccc21)C1CCCNC1. The van der Waals surface area contributed by atoms with Crippen LogP contribution in [0.25, 0.3) is 0 Å². The summed E-state index contributed by atoms with van der Waals surface area (Å²) in [7, 11) is 0. The summed E-state index contributed by atoms with van der Waals surface area (Å²) in [5.74, 6) is 0.664. The molecule has 1 aliphatic carbocycles. The summed E-state index contributed by atoms with van der Waals surface area (Å²) in [4.78, 5) is 14.3. The second kappa shape index (κ2) is 6.09. The second-order valence-electron chi connectivity index (χ2n) is 6.98. The lowest BCUT2D eigenvalue weighted by Gasteiger charge is -2.37. The summed E-state index contributed by atoms with van der Waals surface area (Å²) >= 11 is 1.83. The summed E-state index contributed by atoms with van der Waals surface area (Å²) in [6.45, 7) is 6.28. The van der Waals surface area contributed by atoms with Crippen molar-refractivity contribution >= 4 is 17.2 Å². The first kappa shape index (κ1) is 15.0. The number of carbonyl (C=O) groups is 1. The highest BCUT2D eigenvalue weighted by Gasteiger charge is 2.38. The number of hydrogen-bond donors (Lipinski definition) is 2. The monoisotopic (exact) mass is 306 g/mol. The fourth-order valence-electron chi connectivity index (χ4n) is 3.63. The van der Waals surface area contributed by atoms with Gasteiger partial charge in [-0.1, -0.05) is 13.8 Å². The van der Waals surface area contributed by atoms with Crippen LogP contribution in [0.4, 0.5) is 0 Å². The van der Waals surface area contributed by atoms with Gasteiger partial charge in [-0.3, -0.25) is 4.79 Å². The van der Waals surface area contributed by atoms with E-state index in [-0.39, 0.29) is 17.4 Å². The summed E-state index contributed by atoms with van der Waals surface area (Å²) in [5.41, 5.74) is 1.07. The number of piperidine rings is 1. The Morgan fingerprint density at radius 2 is 2.24 bits per heavy atom. The molecular formula is C17H26N2OS. The number of hydrogen-bond acceptors (Lipinski definition) is 3.